The van der Waals surface area contributed by atoms with Crippen molar-refractivity contribution in [2.75, 3.05) is 31.1 Å². The molecule has 1 aromatic heterocycles. The minimum Gasteiger partial charge on any atom is -0.497 e. The first-order valence-corrected chi connectivity index (χ1v) is 10.4. The second-order valence-electron chi connectivity index (χ2n) is 5.60. The van der Waals surface area contributed by atoms with Gasteiger partial charge in [0.1, 0.15) is 11.5 Å². The number of benzene rings is 2. The molecule has 2 amide bonds. The van der Waals surface area contributed by atoms with Gasteiger partial charge in [-0.05, 0) is 18.2 Å². The summed E-state index contributed by atoms with van der Waals surface area (Å²) in [6.45, 7) is 0. The van der Waals surface area contributed by atoms with Gasteiger partial charge in [-0.3, -0.25) is 5.32 Å². The second-order valence-corrected chi connectivity index (χ2v) is 8.65. The average molecular weight is 407 g/mol. The first kappa shape index (κ1) is 18.9. The molecule has 0 aliphatic carbocycles. The number of sulfone groups is 1. The zero-order valence-electron chi connectivity index (χ0n) is 14.8. The molecule has 0 saturated carbocycles. The summed E-state index contributed by atoms with van der Waals surface area (Å²) in [4.78, 5) is 16.7. The van der Waals surface area contributed by atoms with Crippen LogP contribution in [0.15, 0.2) is 41.3 Å². The van der Waals surface area contributed by atoms with E-state index in [9.17, 15) is 13.2 Å². The molecule has 27 heavy (non-hydrogen) atoms. The Morgan fingerprint density at radius 1 is 1.04 bits per heavy atom. The molecule has 3 rings (SSSR count). The summed E-state index contributed by atoms with van der Waals surface area (Å²) in [5, 5.41) is 5.67. The molecule has 142 valence electrons. The van der Waals surface area contributed by atoms with Gasteiger partial charge < -0.3 is 14.8 Å². The number of rotatable bonds is 5. The van der Waals surface area contributed by atoms with Crippen molar-refractivity contribution in [2.45, 2.75) is 4.90 Å². The molecule has 0 radical (unpaired) electrons. The molecular weight excluding hydrogens is 390 g/mol. The lowest BCUT2D eigenvalue weighted by molar-refractivity contribution is 0.262. The molecule has 0 unspecified atom stereocenters. The Morgan fingerprint density at radius 3 is 2.30 bits per heavy atom. The van der Waals surface area contributed by atoms with Crippen LogP contribution in [-0.2, 0) is 9.84 Å². The Balaban J connectivity index is 1.78. The van der Waals surface area contributed by atoms with Gasteiger partial charge in [0.25, 0.3) is 0 Å². The number of carbonyl (C=O) groups excluding carboxylic acids is 1. The standard InChI is InChI=1S/C17H17N3O5S2/c1-24-11-6-10(7-12(8-11)25-2)18-16(21)20-17-19-14-5-4-13(27(3,22)23)9-15(14)26-17/h4-9H,1-3H3,(H2,18,19,20,21). The van der Waals surface area contributed by atoms with E-state index < -0.39 is 15.9 Å². The van der Waals surface area contributed by atoms with Crippen LogP contribution in [0.25, 0.3) is 10.2 Å². The quantitative estimate of drug-likeness (QED) is 0.672. The third-order valence-corrected chi connectivity index (χ3v) is 5.66. The highest BCUT2D eigenvalue weighted by Crippen LogP contribution is 2.29. The van der Waals surface area contributed by atoms with Crippen molar-refractivity contribution in [3.8, 4) is 11.5 Å². The smallest absolute Gasteiger partial charge is 0.325 e. The summed E-state index contributed by atoms with van der Waals surface area (Å²) in [5.41, 5.74) is 1.09. The molecule has 0 spiro atoms. The number of hydrogen-bond donors (Lipinski definition) is 2. The predicted molar refractivity (Wildman–Crippen MR) is 105 cm³/mol. The molecule has 2 N–H and O–H groups in total. The first-order chi connectivity index (χ1) is 12.8. The lowest BCUT2D eigenvalue weighted by atomic mass is 10.3. The van der Waals surface area contributed by atoms with Crippen molar-refractivity contribution in [1.29, 1.82) is 0 Å². The van der Waals surface area contributed by atoms with Crippen LogP contribution in [-0.4, -0.2) is 39.9 Å². The van der Waals surface area contributed by atoms with Gasteiger partial charge in [-0.1, -0.05) is 11.3 Å². The van der Waals surface area contributed by atoms with Crippen LogP contribution < -0.4 is 20.1 Å². The minimum atomic E-state index is -3.31. The van der Waals surface area contributed by atoms with Crippen molar-refractivity contribution >= 4 is 48.2 Å². The maximum absolute atomic E-state index is 12.3. The number of thiazole rings is 1. The van der Waals surface area contributed by atoms with E-state index in [4.69, 9.17) is 9.47 Å². The minimum absolute atomic E-state index is 0.207. The van der Waals surface area contributed by atoms with Crippen molar-refractivity contribution in [3.63, 3.8) is 0 Å². The van der Waals surface area contributed by atoms with Gasteiger partial charge in [0.2, 0.25) is 0 Å². The molecule has 0 fully saturated rings. The zero-order chi connectivity index (χ0) is 19.6. The van der Waals surface area contributed by atoms with Crippen LogP contribution >= 0.6 is 11.3 Å². The van der Waals surface area contributed by atoms with Gasteiger partial charge in [-0.15, -0.1) is 0 Å². The number of amides is 2. The number of anilines is 2. The Bertz CT molecular complexity index is 1090. The lowest BCUT2D eigenvalue weighted by Crippen LogP contribution is -2.19. The molecule has 3 aromatic rings. The highest BCUT2D eigenvalue weighted by atomic mass is 32.2. The largest absolute Gasteiger partial charge is 0.497 e. The molecule has 0 bridgehead atoms. The summed E-state index contributed by atoms with van der Waals surface area (Å²) >= 11 is 1.18. The SMILES string of the molecule is COc1cc(NC(=O)Nc2nc3ccc(S(C)(=O)=O)cc3s2)cc(OC)c1. The van der Waals surface area contributed by atoms with Crippen molar-refractivity contribution in [2.24, 2.45) is 0 Å². The third kappa shape index (κ3) is 4.47. The van der Waals surface area contributed by atoms with Gasteiger partial charge in [-0.25, -0.2) is 18.2 Å². The maximum atomic E-state index is 12.3. The van der Waals surface area contributed by atoms with Gasteiger partial charge in [0, 0.05) is 30.1 Å². The molecule has 0 aliphatic rings. The highest BCUT2D eigenvalue weighted by Gasteiger charge is 2.13. The number of nitrogens with zero attached hydrogens (tertiary/aromatic N) is 1. The van der Waals surface area contributed by atoms with Gasteiger partial charge in [0.15, 0.2) is 15.0 Å². The van der Waals surface area contributed by atoms with Crippen LogP contribution in [0.2, 0.25) is 0 Å². The molecule has 8 nitrogen and oxygen atoms in total. The van der Waals surface area contributed by atoms with E-state index in [-0.39, 0.29) is 4.90 Å². The Labute approximate surface area is 160 Å². The summed E-state index contributed by atoms with van der Waals surface area (Å²) in [7, 11) is -0.270. The number of aromatic nitrogens is 1. The van der Waals surface area contributed by atoms with Gasteiger partial charge in [0.05, 0.1) is 29.3 Å². The van der Waals surface area contributed by atoms with E-state index in [1.807, 2.05) is 0 Å². The van der Waals surface area contributed by atoms with E-state index in [1.165, 1.54) is 31.6 Å². The fraction of sp³-hybridized carbons (Fsp3) is 0.176. The van der Waals surface area contributed by atoms with Crippen molar-refractivity contribution in [1.82, 2.24) is 4.98 Å². The Morgan fingerprint density at radius 2 is 1.70 bits per heavy atom. The maximum Gasteiger partial charge on any atom is 0.325 e. The fourth-order valence-corrected chi connectivity index (χ4v) is 3.95. The molecule has 0 aliphatic heterocycles. The number of nitrogens with one attached hydrogen (secondary N) is 2. The second kappa shape index (κ2) is 7.41. The van der Waals surface area contributed by atoms with Crippen LogP contribution in [0, 0.1) is 0 Å². The van der Waals surface area contributed by atoms with Crippen LogP contribution in [0.3, 0.4) is 0 Å². The summed E-state index contributed by atoms with van der Waals surface area (Å²) < 4.78 is 34.3. The predicted octanol–water partition coefficient (Wildman–Crippen LogP) is 3.36. The van der Waals surface area contributed by atoms with E-state index in [1.54, 1.807) is 30.3 Å². The fourth-order valence-electron chi connectivity index (χ4n) is 2.33. The number of ether oxygens (including phenoxy) is 2. The molecule has 2 aromatic carbocycles. The van der Waals surface area contributed by atoms with Crippen molar-refractivity contribution in [3.05, 3.63) is 36.4 Å². The average Bonchev–Trinajstić information content (AvgIpc) is 3.01. The number of methoxy groups -OCH3 is 2. The molecule has 0 saturated heterocycles. The normalized spacial score (nSPS) is 11.2. The number of carbonyl (C=O) groups is 1. The molecule has 1 heterocycles. The van der Waals surface area contributed by atoms with E-state index in [0.29, 0.717) is 32.5 Å². The Kier molecular flexibility index (Phi) is 5.19. The summed E-state index contributed by atoms with van der Waals surface area (Å²) in [6.07, 6.45) is 1.14. The molecular formula is C17H17N3O5S2. The monoisotopic (exact) mass is 407 g/mol. The third-order valence-electron chi connectivity index (χ3n) is 3.62. The van der Waals surface area contributed by atoms with Gasteiger partial charge >= 0.3 is 6.03 Å². The van der Waals surface area contributed by atoms with Crippen LogP contribution in [0.5, 0.6) is 11.5 Å². The number of fused-ring (bicyclic) bond motifs is 1. The van der Waals surface area contributed by atoms with E-state index in [2.05, 4.69) is 15.6 Å². The van der Waals surface area contributed by atoms with Gasteiger partial charge in [-0.2, -0.15) is 0 Å². The highest BCUT2D eigenvalue weighted by molar-refractivity contribution is 7.90. The topological polar surface area (TPSA) is 107 Å². The van der Waals surface area contributed by atoms with Crippen LogP contribution in [0.4, 0.5) is 15.6 Å². The van der Waals surface area contributed by atoms with E-state index >= 15 is 0 Å². The molecule has 0 atom stereocenters. The first-order valence-electron chi connectivity index (χ1n) is 7.70. The number of urea groups is 1. The Hall–Kier alpha value is -2.85. The summed E-state index contributed by atoms with van der Waals surface area (Å²) in [6, 6.07) is 9.14. The lowest BCUT2D eigenvalue weighted by Gasteiger charge is -2.09. The summed E-state index contributed by atoms with van der Waals surface area (Å²) in [5.74, 6) is 1.08. The van der Waals surface area contributed by atoms with E-state index in [0.717, 1.165) is 6.26 Å². The molecule has 10 heteroatoms. The number of hydrogen-bond acceptors (Lipinski definition) is 7. The van der Waals surface area contributed by atoms with Crippen LogP contribution in [0.1, 0.15) is 0 Å². The van der Waals surface area contributed by atoms with Crippen molar-refractivity contribution < 1.29 is 22.7 Å². The zero-order valence-corrected chi connectivity index (χ0v) is 16.4.